The molecule has 2 N–H and O–H groups in total. The minimum atomic E-state index is -0.387. The lowest BCUT2D eigenvalue weighted by atomic mass is 9.85. The van der Waals surface area contributed by atoms with E-state index in [-0.39, 0.29) is 6.10 Å². The first-order chi connectivity index (χ1) is 10.1. The van der Waals surface area contributed by atoms with Gasteiger partial charge in [-0.3, -0.25) is 0 Å². The van der Waals surface area contributed by atoms with Gasteiger partial charge in [0.05, 0.1) is 19.3 Å². The highest BCUT2D eigenvalue weighted by Gasteiger charge is 2.29. The second-order valence-corrected chi connectivity index (χ2v) is 7.30. The van der Waals surface area contributed by atoms with E-state index in [4.69, 9.17) is 4.74 Å². The van der Waals surface area contributed by atoms with E-state index in [0.717, 1.165) is 25.4 Å². The minimum absolute atomic E-state index is 0.387. The van der Waals surface area contributed by atoms with Gasteiger partial charge in [0, 0.05) is 12.6 Å². The fraction of sp³-hybridized carbons (Fsp3) is 0.889. The van der Waals surface area contributed by atoms with E-state index in [1.807, 2.05) is 0 Å². The van der Waals surface area contributed by atoms with E-state index < -0.39 is 0 Å². The van der Waals surface area contributed by atoms with Crippen molar-refractivity contribution in [1.82, 2.24) is 5.32 Å². The SMILES string of the molecule is CC1CC=CCC1COCC(O)CNC1CCC(C)C1C. The molecule has 3 heteroatoms. The summed E-state index contributed by atoms with van der Waals surface area (Å²) in [6.45, 7) is 8.82. The molecule has 2 aliphatic rings. The highest BCUT2D eigenvalue weighted by molar-refractivity contribution is 4.93. The molecule has 0 bridgehead atoms. The van der Waals surface area contributed by atoms with Crippen LogP contribution in [-0.4, -0.2) is 37.0 Å². The van der Waals surface area contributed by atoms with Crippen LogP contribution in [0.5, 0.6) is 0 Å². The van der Waals surface area contributed by atoms with Crippen molar-refractivity contribution in [3.63, 3.8) is 0 Å². The van der Waals surface area contributed by atoms with Crippen molar-refractivity contribution >= 4 is 0 Å². The molecule has 6 atom stereocenters. The Labute approximate surface area is 130 Å². The third-order valence-corrected chi connectivity index (χ3v) is 5.64. The third kappa shape index (κ3) is 5.08. The Morgan fingerprint density at radius 1 is 1.14 bits per heavy atom. The van der Waals surface area contributed by atoms with Crippen molar-refractivity contribution in [3.8, 4) is 0 Å². The molecule has 0 saturated heterocycles. The molecule has 0 amide bonds. The van der Waals surface area contributed by atoms with E-state index in [1.165, 1.54) is 12.8 Å². The lowest BCUT2D eigenvalue weighted by Gasteiger charge is -2.26. The van der Waals surface area contributed by atoms with Gasteiger partial charge in [0.25, 0.3) is 0 Å². The molecule has 0 radical (unpaired) electrons. The number of allylic oxidation sites excluding steroid dienone is 2. The van der Waals surface area contributed by atoms with Gasteiger partial charge in [-0.05, 0) is 49.4 Å². The van der Waals surface area contributed by atoms with Crippen LogP contribution in [0.3, 0.4) is 0 Å². The summed E-state index contributed by atoms with van der Waals surface area (Å²) in [6.07, 6.45) is 8.96. The van der Waals surface area contributed by atoms with Crippen LogP contribution in [0.4, 0.5) is 0 Å². The largest absolute Gasteiger partial charge is 0.389 e. The fourth-order valence-electron chi connectivity index (χ4n) is 3.59. The summed E-state index contributed by atoms with van der Waals surface area (Å²) in [7, 11) is 0. The summed E-state index contributed by atoms with van der Waals surface area (Å²) in [5.74, 6) is 2.83. The van der Waals surface area contributed by atoms with Crippen molar-refractivity contribution in [1.29, 1.82) is 0 Å². The molecule has 0 aromatic heterocycles. The molecule has 1 fully saturated rings. The molecule has 0 spiro atoms. The second-order valence-electron chi connectivity index (χ2n) is 7.30. The normalized spacial score (nSPS) is 37.8. The first-order valence-electron chi connectivity index (χ1n) is 8.72. The quantitative estimate of drug-likeness (QED) is 0.710. The summed E-state index contributed by atoms with van der Waals surface area (Å²) in [5.41, 5.74) is 0. The van der Waals surface area contributed by atoms with Crippen LogP contribution < -0.4 is 5.32 Å². The summed E-state index contributed by atoms with van der Waals surface area (Å²) in [6, 6.07) is 0.568. The maximum atomic E-state index is 10.1. The molecule has 0 heterocycles. The average Bonchev–Trinajstić information content (AvgIpc) is 2.79. The number of aliphatic hydroxyl groups is 1. The van der Waals surface area contributed by atoms with Gasteiger partial charge in [-0.2, -0.15) is 0 Å². The van der Waals surface area contributed by atoms with Crippen LogP contribution in [0.25, 0.3) is 0 Å². The highest BCUT2D eigenvalue weighted by atomic mass is 16.5. The predicted octanol–water partition coefficient (Wildman–Crippen LogP) is 2.99. The zero-order valence-electron chi connectivity index (χ0n) is 13.9. The molecule has 3 nitrogen and oxygen atoms in total. The van der Waals surface area contributed by atoms with Crippen LogP contribution in [0.2, 0.25) is 0 Å². The summed E-state index contributed by atoms with van der Waals surface area (Å²) in [4.78, 5) is 0. The molecule has 0 aliphatic heterocycles. The molecule has 122 valence electrons. The zero-order chi connectivity index (χ0) is 15.2. The van der Waals surface area contributed by atoms with Gasteiger partial charge in [0.1, 0.15) is 0 Å². The van der Waals surface area contributed by atoms with Crippen LogP contribution in [-0.2, 0) is 4.74 Å². The van der Waals surface area contributed by atoms with Gasteiger partial charge >= 0.3 is 0 Å². The Morgan fingerprint density at radius 3 is 2.57 bits per heavy atom. The number of rotatable bonds is 7. The molecular weight excluding hydrogens is 262 g/mol. The Morgan fingerprint density at radius 2 is 1.90 bits per heavy atom. The van der Waals surface area contributed by atoms with Gasteiger partial charge in [-0.25, -0.2) is 0 Å². The Balaban J connectivity index is 1.57. The molecule has 21 heavy (non-hydrogen) atoms. The summed E-state index contributed by atoms with van der Waals surface area (Å²) in [5, 5.41) is 13.6. The number of ether oxygens (including phenoxy) is 1. The molecule has 0 aromatic rings. The van der Waals surface area contributed by atoms with E-state index in [1.54, 1.807) is 0 Å². The molecule has 6 unspecified atom stereocenters. The molecule has 0 aromatic carbocycles. The van der Waals surface area contributed by atoms with Crippen LogP contribution in [0.15, 0.2) is 12.2 Å². The topological polar surface area (TPSA) is 41.5 Å². The molecule has 1 saturated carbocycles. The van der Waals surface area contributed by atoms with Gasteiger partial charge < -0.3 is 15.2 Å². The molecule has 2 aliphatic carbocycles. The van der Waals surface area contributed by atoms with E-state index in [2.05, 4.69) is 38.2 Å². The first kappa shape index (κ1) is 17.0. The van der Waals surface area contributed by atoms with Crippen molar-refractivity contribution in [3.05, 3.63) is 12.2 Å². The van der Waals surface area contributed by atoms with Crippen LogP contribution in [0, 0.1) is 23.7 Å². The van der Waals surface area contributed by atoms with Crippen LogP contribution in [0.1, 0.15) is 46.5 Å². The highest BCUT2D eigenvalue weighted by Crippen LogP contribution is 2.31. The van der Waals surface area contributed by atoms with Gasteiger partial charge in [-0.1, -0.05) is 32.9 Å². The summed E-state index contributed by atoms with van der Waals surface area (Å²) < 4.78 is 5.74. The number of aliphatic hydroxyl groups excluding tert-OH is 1. The average molecular weight is 295 g/mol. The maximum absolute atomic E-state index is 10.1. The van der Waals surface area contributed by atoms with Crippen molar-refractivity contribution < 1.29 is 9.84 Å². The Kier molecular flexibility index (Phi) is 6.72. The first-order valence-corrected chi connectivity index (χ1v) is 8.72. The van der Waals surface area contributed by atoms with E-state index >= 15 is 0 Å². The van der Waals surface area contributed by atoms with Crippen molar-refractivity contribution in [2.24, 2.45) is 23.7 Å². The van der Waals surface area contributed by atoms with E-state index in [0.29, 0.717) is 36.9 Å². The monoisotopic (exact) mass is 295 g/mol. The zero-order valence-corrected chi connectivity index (χ0v) is 13.9. The minimum Gasteiger partial charge on any atom is -0.389 e. The smallest absolute Gasteiger partial charge is 0.0897 e. The van der Waals surface area contributed by atoms with Crippen molar-refractivity contribution in [2.75, 3.05) is 19.8 Å². The molecule has 2 rings (SSSR count). The van der Waals surface area contributed by atoms with Gasteiger partial charge in [-0.15, -0.1) is 0 Å². The standard InChI is InChI=1S/C18H33NO2/c1-13-8-9-18(15(13)3)19-10-17(20)12-21-11-16-7-5-4-6-14(16)2/h4-5,13-20H,6-12H2,1-3H3. The number of nitrogens with one attached hydrogen (secondary N) is 1. The maximum Gasteiger partial charge on any atom is 0.0897 e. The lowest BCUT2D eigenvalue weighted by Crippen LogP contribution is -2.39. The van der Waals surface area contributed by atoms with Gasteiger partial charge in [0.15, 0.2) is 0 Å². The number of hydrogen-bond acceptors (Lipinski definition) is 3. The van der Waals surface area contributed by atoms with Crippen LogP contribution >= 0.6 is 0 Å². The second kappa shape index (κ2) is 8.30. The summed E-state index contributed by atoms with van der Waals surface area (Å²) >= 11 is 0. The number of hydrogen-bond donors (Lipinski definition) is 2. The fourth-order valence-corrected chi connectivity index (χ4v) is 3.59. The Hall–Kier alpha value is -0.380. The van der Waals surface area contributed by atoms with E-state index in [9.17, 15) is 5.11 Å². The Bertz CT molecular complexity index is 331. The third-order valence-electron chi connectivity index (χ3n) is 5.64. The predicted molar refractivity (Wildman–Crippen MR) is 87.2 cm³/mol. The van der Waals surface area contributed by atoms with Gasteiger partial charge in [0.2, 0.25) is 0 Å². The lowest BCUT2D eigenvalue weighted by molar-refractivity contribution is 0.0114. The molecular formula is C18H33NO2. The van der Waals surface area contributed by atoms with Crippen molar-refractivity contribution in [2.45, 2.75) is 58.6 Å².